The van der Waals surface area contributed by atoms with E-state index in [2.05, 4.69) is 20.3 Å². The molecule has 0 aliphatic heterocycles. The van der Waals surface area contributed by atoms with Gasteiger partial charge in [0.15, 0.2) is 5.82 Å². The van der Waals surface area contributed by atoms with Crippen LogP contribution in [0.2, 0.25) is 0 Å². The standard InChI is InChI=1S/C7H11N7O2S/c1-2-14-6(3-13-5-9-4-10-13)11-12-7(14)17(8,15)16/h4-5H,2-3H2,1H3,(H2,8,15,16). The van der Waals surface area contributed by atoms with E-state index in [-0.39, 0.29) is 11.7 Å². The Kier molecular flexibility index (Phi) is 2.90. The highest BCUT2D eigenvalue weighted by atomic mass is 32.2. The normalized spacial score (nSPS) is 11.9. The fourth-order valence-corrected chi connectivity index (χ4v) is 2.12. The van der Waals surface area contributed by atoms with E-state index in [0.29, 0.717) is 12.4 Å². The Morgan fingerprint density at radius 2 is 2.18 bits per heavy atom. The monoisotopic (exact) mass is 257 g/mol. The van der Waals surface area contributed by atoms with Gasteiger partial charge in [-0.25, -0.2) is 23.2 Å². The maximum atomic E-state index is 11.2. The van der Waals surface area contributed by atoms with Gasteiger partial charge in [-0.15, -0.1) is 10.2 Å². The van der Waals surface area contributed by atoms with Crippen LogP contribution in [0.25, 0.3) is 0 Å². The summed E-state index contributed by atoms with van der Waals surface area (Å²) in [4.78, 5) is 3.78. The molecule has 2 aromatic rings. The van der Waals surface area contributed by atoms with E-state index in [1.807, 2.05) is 0 Å². The van der Waals surface area contributed by atoms with Gasteiger partial charge in [-0.05, 0) is 6.92 Å². The van der Waals surface area contributed by atoms with Crippen molar-refractivity contribution in [3.05, 3.63) is 18.5 Å². The van der Waals surface area contributed by atoms with Crippen LogP contribution in [0.3, 0.4) is 0 Å². The summed E-state index contributed by atoms with van der Waals surface area (Å²) in [5.74, 6) is 0.460. The lowest BCUT2D eigenvalue weighted by atomic mass is 10.5. The fraction of sp³-hybridized carbons (Fsp3) is 0.429. The fourth-order valence-electron chi connectivity index (χ4n) is 1.42. The van der Waals surface area contributed by atoms with E-state index in [1.54, 1.807) is 6.92 Å². The summed E-state index contributed by atoms with van der Waals surface area (Å²) in [5.41, 5.74) is 0. The van der Waals surface area contributed by atoms with Crippen molar-refractivity contribution in [3.8, 4) is 0 Å². The predicted octanol–water partition coefficient (Wildman–Crippen LogP) is -1.41. The van der Waals surface area contributed by atoms with Crippen molar-refractivity contribution < 1.29 is 8.42 Å². The molecule has 0 amide bonds. The van der Waals surface area contributed by atoms with Crippen LogP contribution in [0.4, 0.5) is 0 Å². The van der Waals surface area contributed by atoms with Gasteiger partial charge in [0, 0.05) is 6.54 Å². The molecule has 0 atom stereocenters. The maximum absolute atomic E-state index is 11.2. The zero-order valence-corrected chi connectivity index (χ0v) is 9.87. The second kappa shape index (κ2) is 4.22. The summed E-state index contributed by atoms with van der Waals surface area (Å²) < 4.78 is 25.4. The molecule has 0 fully saturated rings. The minimum absolute atomic E-state index is 0.241. The zero-order chi connectivity index (χ0) is 12.5. The third-order valence-corrected chi connectivity index (χ3v) is 2.95. The Balaban J connectivity index is 2.40. The number of hydrogen-bond donors (Lipinski definition) is 1. The molecular weight excluding hydrogens is 246 g/mol. The summed E-state index contributed by atoms with van der Waals surface area (Å²) in [6.07, 6.45) is 2.89. The maximum Gasteiger partial charge on any atom is 0.273 e. The third-order valence-electron chi connectivity index (χ3n) is 2.13. The lowest BCUT2D eigenvalue weighted by Crippen LogP contribution is -2.19. The van der Waals surface area contributed by atoms with Crippen molar-refractivity contribution in [3.63, 3.8) is 0 Å². The van der Waals surface area contributed by atoms with Gasteiger partial charge in [0.05, 0.1) is 0 Å². The molecule has 0 aromatic carbocycles. The average molecular weight is 257 g/mol. The van der Waals surface area contributed by atoms with Gasteiger partial charge < -0.3 is 0 Å². The number of primary sulfonamides is 1. The molecular formula is C7H11N7O2S. The largest absolute Gasteiger partial charge is 0.299 e. The van der Waals surface area contributed by atoms with Crippen molar-refractivity contribution >= 4 is 10.0 Å². The summed E-state index contributed by atoms with van der Waals surface area (Å²) in [5, 5.41) is 16.1. The molecule has 0 radical (unpaired) electrons. The van der Waals surface area contributed by atoms with Crippen LogP contribution in [0, 0.1) is 0 Å². The topological polar surface area (TPSA) is 122 Å². The average Bonchev–Trinajstić information content (AvgIpc) is 2.85. The van der Waals surface area contributed by atoms with E-state index < -0.39 is 10.0 Å². The number of nitrogens with two attached hydrogens (primary N) is 1. The molecule has 2 N–H and O–H groups in total. The van der Waals surface area contributed by atoms with Crippen molar-refractivity contribution in [2.45, 2.75) is 25.2 Å². The Morgan fingerprint density at radius 1 is 1.41 bits per heavy atom. The van der Waals surface area contributed by atoms with Crippen LogP contribution in [0.1, 0.15) is 12.7 Å². The number of nitrogens with zero attached hydrogens (tertiary/aromatic N) is 6. The van der Waals surface area contributed by atoms with Crippen LogP contribution in [0.15, 0.2) is 17.8 Å². The quantitative estimate of drug-likeness (QED) is 0.717. The molecule has 2 aromatic heterocycles. The van der Waals surface area contributed by atoms with Gasteiger partial charge in [0.2, 0.25) is 0 Å². The number of rotatable bonds is 4. The first-order chi connectivity index (χ1) is 8.02. The van der Waals surface area contributed by atoms with Gasteiger partial charge in [-0.3, -0.25) is 4.57 Å². The highest BCUT2D eigenvalue weighted by Crippen LogP contribution is 2.07. The van der Waals surface area contributed by atoms with Crippen molar-refractivity contribution in [1.82, 2.24) is 29.5 Å². The minimum atomic E-state index is -3.86. The van der Waals surface area contributed by atoms with E-state index in [0.717, 1.165) is 0 Å². The van der Waals surface area contributed by atoms with Gasteiger partial charge >= 0.3 is 0 Å². The molecule has 10 heteroatoms. The van der Waals surface area contributed by atoms with Gasteiger partial charge in [-0.1, -0.05) is 0 Å². The smallest absolute Gasteiger partial charge is 0.273 e. The summed E-state index contributed by atoms with van der Waals surface area (Å²) >= 11 is 0. The molecule has 17 heavy (non-hydrogen) atoms. The molecule has 0 spiro atoms. The minimum Gasteiger partial charge on any atom is -0.299 e. The predicted molar refractivity (Wildman–Crippen MR) is 56.2 cm³/mol. The van der Waals surface area contributed by atoms with Gasteiger partial charge in [0.1, 0.15) is 19.2 Å². The lowest BCUT2D eigenvalue weighted by molar-refractivity contribution is 0.552. The molecule has 0 bridgehead atoms. The van der Waals surface area contributed by atoms with E-state index in [9.17, 15) is 8.42 Å². The molecule has 0 unspecified atom stereocenters. The summed E-state index contributed by atoms with van der Waals surface area (Å²) in [6, 6.07) is 0. The molecule has 92 valence electrons. The molecule has 2 heterocycles. The second-order valence-electron chi connectivity index (χ2n) is 3.28. The Bertz CT molecular complexity index is 600. The number of sulfonamides is 1. The van der Waals surface area contributed by atoms with E-state index in [1.165, 1.54) is 21.9 Å². The third kappa shape index (κ3) is 2.31. The Labute approximate surface area is 97.3 Å². The van der Waals surface area contributed by atoms with Crippen LogP contribution >= 0.6 is 0 Å². The molecule has 2 rings (SSSR count). The van der Waals surface area contributed by atoms with Crippen LogP contribution in [-0.4, -0.2) is 37.9 Å². The highest BCUT2D eigenvalue weighted by Gasteiger charge is 2.20. The van der Waals surface area contributed by atoms with Crippen LogP contribution < -0.4 is 5.14 Å². The Morgan fingerprint density at radius 3 is 2.71 bits per heavy atom. The first-order valence-corrected chi connectivity index (χ1v) is 6.34. The highest BCUT2D eigenvalue weighted by molar-refractivity contribution is 7.89. The second-order valence-corrected chi connectivity index (χ2v) is 4.74. The molecule has 9 nitrogen and oxygen atoms in total. The van der Waals surface area contributed by atoms with Crippen molar-refractivity contribution in [2.75, 3.05) is 0 Å². The lowest BCUT2D eigenvalue weighted by Gasteiger charge is -2.05. The molecule has 0 saturated heterocycles. The van der Waals surface area contributed by atoms with Gasteiger partial charge in [-0.2, -0.15) is 5.10 Å². The SMILES string of the molecule is CCn1c(Cn2cncn2)nnc1S(N)(=O)=O. The molecule has 0 aliphatic carbocycles. The van der Waals surface area contributed by atoms with Crippen LogP contribution in [0.5, 0.6) is 0 Å². The zero-order valence-electron chi connectivity index (χ0n) is 9.05. The first kappa shape index (κ1) is 11.7. The van der Waals surface area contributed by atoms with Gasteiger partial charge in [0.25, 0.3) is 15.2 Å². The number of aromatic nitrogens is 6. The summed E-state index contributed by atoms with van der Waals surface area (Å²) in [6.45, 7) is 2.47. The number of hydrogen-bond acceptors (Lipinski definition) is 6. The van der Waals surface area contributed by atoms with E-state index >= 15 is 0 Å². The van der Waals surface area contributed by atoms with Crippen LogP contribution in [-0.2, 0) is 23.1 Å². The van der Waals surface area contributed by atoms with Crippen molar-refractivity contribution in [2.24, 2.45) is 5.14 Å². The molecule has 0 aliphatic rings. The summed E-state index contributed by atoms with van der Waals surface area (Å²) in [7, 11) is -3.86. The van der Waals surface area contributed by atoms with E-state index in [4.69, 9.17) is 5.14 Å². The Hall–Kier alpha value is -1.81. The van der Waals surface area contributed by atoms with Crippen molar-refractivity contribution in [1.29, 1.82) is 0 Å². The first-order valence-electron chi connectivity index (χ1n) is 4.79. The molecule has 0 saturated carbocycles.